The van der Waals surface area contributed by atoms with Crippen LogP contribution in [0, 0.1) is 13.8 Å². The molecule has 1 N–H and O–H groups in total. The van der Waals surface area contributed by atoms with Crippen molar-refractivity contribution in [3.8, 4) is 0 Å². The third-order valence-corrected chi connectivity index (χ3v) is 4.23. The first kappa shape index (κ1) is 11.0. The van der Waals surface area contributed by atoms with E-state index in [4.69, 9.17) is 0 Å². The van der Waals surface area contributed by atoms with Gasteiger partial charge >= 0.3 is 0 Å². The summed E-state index contributed by atoms with van der Waals surface area (Å²) in [5.74, 6) is 1.24. The molecule has 2 rings (SSSR count). The van der Waals surface area contributed by atoms with E-state index in [1.807, 2.05) is 11.8 Å². The smallest absolute Gasteiger partial charge is 0.0792 e. The Labute approximate surface area is 96.7 Å². The van der Waals surface area contributed by atoms with Crippen LogP contribution >= 0.6 is 11.8 Å². The average molecular weight is 221 g/mol. The zero-order valence-electron chi connectivity index (χ0n) is 9.71. The topological polar surface area (TPSA) is 12.0 Å². The van der Waals surface area contributed by atoms with Gasteiger partial charge in [-0.1, -0.05) is 36.2 Å². The van der Waals surface area contributed by atoms with Crippen LogP contribution in [0.25, 0.3) is 0 Å². The molecule has 1 nitrogen and oxygen atoms in total. The van der Waals surface area contributed by atoms with Gasteiger partial charge in [-0.2, -0.15) is 0 Å². The first-order valence-corrected chi connectivity index (χ1v) is 6.69. The Balaban J connectivity index is 2.16. The lowest BCUT2D eigenvalue weighted by Crippen LogP contribution is -2.24. The molecule has 1 aliphatic heterocycles. The van der Waals surface area contributed by atoms with E-state index >= 15 is 0 Å². The molecule has 0 saturated carbocycles. The van der Waals surface area contributed by atoms with Gasteiger partial charge in [0.05, 0.1) is 5.37 Å². The summed E-state index contributed by atoms with van der Waals surface area (Å²) in [7, 11) is 0. The van der Waals surface area contributed by atoms with Gasteiger partial charge in [-0.15, -0.1) is 11.8 Å². The minimum absolute atomic E-state index is 0.508. The predicted molar refractivity (Wildman–Crippen MR) is 68.3 cm³/mol. The van der Waals surface area contributed by atoms with Crippen LogP contribution in [0.1, 0.15) is 35.4 Å². The van der Waals surface area contributed by atoms with Gasteiger partial charge in [0.15, 0.2) is 0 Å². The fourth-order valence-corrected chi connectivity index (χ4v) is 3.49. The minimum Gasteiger partial charge on any atom is -0.298 e. The van der Waals surface area contributed by atoms with Crippen molar-refractivity contribution in [2.24, 2.45) is 0 Å². The third kappa shape index (κ3) is 2.56. The number of hydrogen-bond donors (Lipinski definition) is 1. The Kier molecular flexibility index (Phi) is 3.37. The molecule has 0 amide bonds. The van der Waals surface area contributed by atoms with E-state index in [0.717, 1.165) is 0 Å². The predicted octanol–water partition coefficient (Wildman–Crippen LogP) is 3.42. The lowest BCUT2D eigenvalue weighted by Gasteiger charge is -2.13. The number of rotatable bonds is 2. The highest BCUT2D eigenvalue weighted by Gasteiger charge is 2.24. The van der Waals surface area contributed by atoms with Crippen molar-refractivity contribution >= 4 is 11.8 Å². The van der Waals surface area contributed by atoms with Crippen LogP contribution in [-0.4, -0.2) is 11.8 Å². The Bertz CT molecular complexity index is 328. The van der Waals surface area contributed by atoms with Crippen molar-refractivity contribution in [2.75, 3.05) is 5.75 Å². The molecule has 1 heterocycles. The summed E-state index contributed by atoms with van der Waals surface area (Å²) >= 11 is 2.03. The molecule has 2 unspecified atom stereocenters. The first-order chi connectivity index (χ1) is 7.19. The van der Waals surface area contributed by atoms with Crippen molar-refractivity contribution in [1.29, 1.82) is 0 Å². The molecule has 0 bridgehead atoms. The van der Waals surface area contributed by atoms with Gasteiger partial charge < -0.3 is 0 Å². The highest BCUT2D eigenvalue weighted by atomic mass is 32.2. The maximum Gasteiger partial charge on any atom is 0.0792 e. The molecule has 0 aliphatic carbocycles. The first-order valence-electron chi connectivity index (χ1n) is 5.65. The Hall–Kier alpha value is -0.470. The summed E-state index contributed by atoms with van der Waals surface area (Å²) in [6, 6.07) is 7.53. The number of nitrogens with one attached hydrogen (secondary N) is 1. The fourth-order valence-electron chi connectivity index (χ4n) is 2.11. The summed E-state index contributed by atoms with van der Waals surface area (Å²) in [6.07, 6.45) is 1.23. The van der Waals surface area contributed by atoms with E-state index in [1.165, 1.54) is 28.9 Å². The summed E-state index contributed by atoms with van der Waals surface area (Å²) in [5, 5.41) is 4.18. The molecule has 1 fully saturated rings. The largest absolute Gasteiger partial charge is 0.298 e. The highest BCUT2D eigenvalue weighted by molar-refractivity contribution is 7.99. The van der Waals surface area contributed by atoms with Crippen LogP contribution in [0.15, 0.2) is 18.2 Å². The number of aryl methyl sites for hydroxylation is 2. The van der Waals surface area contributed by atoms with Crippen LogP contribution < -0.4 is 5.32 Å². The van der Waals surface area contributed by atoms with Gasteiger partial charge in [0.2, 0.25) is 0 Å². The minimum atomic E-state index is 0.508. The average Bonchev–Trinajstić information content (AvgIpc) is 2.64. The Morgan fingerprint density at radius 1 is 1.27 bits per heavy atom. The van der Waals surface area contributed by atoms with Gasteiger partial charge in [0, 0.05) is 11.8 Å². The zero-order valence-corrected chi connectivity index (χ0v) is 10.5. The van der Waals surface area contributed by atoms with Crippen molar-refractivity contribution in [1.82, 2.24) is 5.32 Å². The molecule has 1 saturated heterocycles. The summed E-state index contributed by atoms with van der Waals surface area (Å²) in [5.41, 5.74) is 4.17. The van der Waals surface area contributed by atoms with Crippen molar-refractivity contribution in [3.05, 3.63) is 34.9 Å². The number of thioether (sulfide) groups is 1. The summed E-state index contributed by atoms with van der Waals surface area (Å²) < 4.78 is 0. The molecule has 0 spiro atoms. The van der Waals surface area contributed by atoms with E-state index in [9.17, 15) is 0 Å². The van der Waals surface area contributed by atoms with E-state index in [-0.39, 0.29) is 0 Å². The maximum atomic E-state index is 3.67. The normalized spacial score (nSPS) is 25.8. The molecule has 2 atom stereocenters. The van der Waals surface area contributed by atoms with Crippen molar-refractivity contribution in [2.45, 2.75) is 38.6 Å². The molecular formula is C13H19NS. The van der Waals surface area contributed by atoms with E-state index in [0.29, 0.717) is 11.4 Å². The number of hydrogen-bond acceptors (Lipinski definition) is 2. The van der Waals surface area contributed by atoms with Crippen LogP contribution in [0.4, 0.5) is 0 Å². The Morgan fingerprint density at radius 2 is 1.93 bits per heavy atom. The van der Waals surface area contributed by atoms with Crippen LogP contribution in [-0.2, 0) is 0 Å². The highest BCUT2D eigenvalue weighted by Crippen LogP contribution is 2.34. The second kappa shape index (κ2) is 4.58. The quantitative estimate of drug-likeness (QED) is 0.821. The Morgan fingerprint density at radius 3 is 2.47 bits per heavy atom. The van der Waals surface area contributed by atoms with Crippen LogP contribution in [0.3, 0.4) is 0 Å². The second-order valence-corrected chi connectivity index (χ2v) is 5.54. The lowest BCUT2D eigenvalue weighted by molar-refractivity contribution is 0.561. The molecule has 1 aromatic carbocycles. The van der Waals surface area contributed by atoms with E-state index in [1.54, 1.807) is 0 Å². The van der Waals surface area contributed by atoms with Crippen molar-refractivity contribution < 1.29 is 0 Å². The number of benzene rings is 1. The summed E-state index contributed by atoms with van der Waals surface area (Å²) in [4.78, 5) is 0. The van der Waals surface area contributed by atoms with E-state index in [2.05, 4.69) is 44.3 Å². The molecule has 0 radical (unpaired) electrons. The van der Waals surface area contributed by atoms with Crippen molar-refractivity contribution in [3.63, 3.8) is 0 Å². The molecule has 82 valence electrons. The van der Waals surface area contributed by atoms with Gasteiger partial charge in [-0.3, -0.25) is 5.32 Å². The lowest BCUT2D eigenvalue weighted by atomic mass is 10.1. The summed E-state index contributed by atoms with van der Waals surface area (Å²) in [6.45, 7) is 6.60. The van der Waals surface area contributed by atoms with Crippen LogP contribution in [0.2, 0.25) is 0 Å². The third-order valence-electron chi connectivity index (χ3n) is 2.89. The van der Waals surface area contributed by atoms with Gasteiger partial charge in [0.25, 0.3) is 0 Å². The van der Waals surface area contributed by atoms with Crippen LogP contribution in [0.5, 0.6) is 0 Å². The maximum absolute atomic E-state index is 3.67. The van der Waals surface area contributed by atoms with Gasteiger partial charge in [-0.25, -0.2) is 0 Å². The molecular weight excluding hydrogens is 202 g/mol. The molecule has 1 aliphatic rings. The molecule has 2 heteroatoms. The molecule has 15 heavy (non-hydrogen) atoms. The SMILES string of the molecule is CCC1CSC(c2cc(C)cc(C)c2)N1. The monoisotopic (exact) mass is 221 g/mol. The fraction of sp³-hybridized carbons (Fsp3) is 0.538. The molecule has 0 aromatic heterocycles. The zero-order chi connectivity index (χ0) is 10.8. The van der Waals surface area contributed by atoms with Gasteiger partial charge in [0.1, 0.15) is 0 Å². The standard InChI is InChI=1S/C13H19NS/c1-4-12-8-15-13(14-12)11-6-9(2)5-10(3)7-11/h5-7,12-14H,4,8H2,1-3H3. The second-order valence-electron chi connectivity index (χ2n) is 4.41. The van der Waals surface area contributed by atoms with Gasteiger partial charge in [-0.05, 0) is 25.8 Å². The van der Waals surface area contributed by atoms with E-state index < -0.39 is 0 Å². The molecule has 1 aromatic rings.